The summed E-state index contributed by atoms with van der Waals surface area (Å²) in [6.07, 6.45) is 2.93. The lowest BCUT2D eigenvalue weighted by Crippen LogP contribution is -2.44. The molecule has 1 aromatic carbocycles. The van der Waals surface area contributed by atoms with Crippen molar-refractivity contribution >= 4 is 15.8 Å². The molecule has 0 aliphatic rings. The number of nitrogens with zero attached hydrogens (tertiary/aromatic N) is 2. The van der Waals surface area contributed by atoms with Crippen LogP contribution in [0.15, 0.2) is 53.7 Å². The largest absolute Gasteiger partial charge is 0.298 e. The number of benzene rings is 1. The van der Waals surface area contributed by atoms with E-state index in [1.807, 2.05) is 6.92 Å². The highest BCUT2D eigenvalue weighted by atomic mass is 32.2. The predicted octanol–water partition coefficient (Wildman–Crippen LogP) is 2.90. The summed E-state index contributed by atoms with van der Waals surface area (Å²) >= 11 is 0. The minimum absolute atomic E-state index is 0.0473. The van der Waals surface area contributed by atoms with Gasteiger partial charge < -0.3 is 0 Å². The summed E-state index contributed by atoms with van der Waals surface area (Å²) in [5.41, 5.74) is 1.55. The molecule has 0 fully saturated rings. The molecule has 0 N–H and O–H groups in total. The predicted molar refractivity (Wildman–Crippen MR) is 93.2 cm³/mol. The summed E-state index contributed by atoms with van der Waals surface area (Å²) < 4.78 is 40.2. The van der Waals surface area contributed by atoms with E-state index in [-0.39, 0.29) is 17.9 Å². The SMILES string of the molecule is CC(=O)[C@@H](CCF)N(Cc1cccnc1)S(=O)(=O)c1ccc(C)cc1. The number of pyridine rings is 1. The quantitative estimate of drug-likeness (QED) is 0.722. The van der Waals surface area contributed by atoms with Gasteiger partial charge in [-0.05, 0) is 44.0 Å². The third-order valence-electron chi connectivity index (χ3n) is 3.89. The third-order valence-corrected chi connectivity index (χ3v) is 5.76. The van der Waals surface area contributed by atoms with Gasteiger partial charge in [0.15, 0.2) is 0 Å². The van der Waals surface area contributed by atoms with Crippen molar-refractivity contribution in [3.63, 3.8) is 0 Å². The second-order valence-electron chi connectivity index (χ2n) is 5.83. The first-order chi connectivity index (χ1) is 11.9. The Bertz CT molecular complexity index is 808. The normalized spacial score (nSPS) is 13.0. The Morgan fingerprint density at radius 2 is 1.92 bits per heavy atom. The smallest absolute Gasteiger partial charge is 0.244 e. The van der Waals surface area contributed by atoms with Crippen molar-refractivity contribution in [1.82, 2.24) is 9.29 Å². The van der Waals surface area contributed by atoms with Crippen LogP contribution in [0.25, 0.3) is 0 Å². The van der Waals surface area contributed by atoms with E-state index in [1.165, 1.54) is 25.3 Å². The number of alkyl halides is 1. The molecule has 5 nitrogen and oxygen atoms in total. The summed E-state index contributed by atoms with van der Waals surface area (Å²) in [6.45, 7) is 2.30. The van der Waals surface area contributed by atoms with Crippen LogP contribution in [-0.4, -0.2) is 36.2 Å². The molecule has 0 saturated heterocycles. The molecule has 0 radical (unpaired) electrons. The summed E-state index contributed by atoms with van der Waals surface area (Å²) in [5.74, 6) is -0.391. The lowest BCUT2D eigenvalue weighted by molar-refractivity contribution is -0.121. The third kappa shape index (κ3) is 4.70. The lowest BCUT2D eigenvalue weighted by Gasteiger charge is -2.29. The minimum atomic E-state index is -3.96. The van der Waals surface area contributed by atoms with E-state index in [0.29, 0.717) is 5.56 Å². The first kappa shape index (κ1) is 19.2. The maximum Gasteiger partial charge on any atom is 0.244 e. The Labute approximate surface area is 147 Å². The van der Waals surface area contributed by atoms with Gasteiger partial charge >= 0.3 is 0 Å². The Kier molecular flexibility index (Phi) is 6.39. The standard InChI is InChI=1S/C18H21FN2O3S/c1-14-5-7-17(8-6-14)25(23,24)21(18(9-10-19)15(2)22)13-16-4-3-11-20-12-16/h3-8,11-12,18H,9-10,13H2,1-2H3/t18-/m1/s1. The van der Waals surface area contributed by atoms with Crippen molar-refractivity contribution in [3.05, 3.63) is 59.9 Å². The molecule has 2 aromatic rings. The molecule has 0 unspecified atom stereocenters. The van der Waals surface area contributed by atoms with E-state index in [4.69, 9.17) is 0 Å². The number of halogens is 1. The molecule has 0 spiro atoms. The number of Topliss-reactive ketones (excluding diaryl/α,β-unsaturated/α-hetero) is 1. The van der Waals surface area contributed by atoms with E-state index >= 15 is 0 Å². The number of ketones is 1. The summed E-state index contributed by atoms with van der Waals surface area (Å²) in [7, 11) is -3.96. The molecule has 0 aliphatic carbocycles. The Balaban J connectivity index is 2.48. The number of carbonyl (C=O) groups is 1. The summed E-state index contributed by atoms with van der Waals surface area (Å²) in [4.78, 5) is 16.1. The molecule has 0 saturated carbocycles. The van der Waals surface area contributed by atoms with Gasteiger partial charge in [-0.25, -0.2) is 8.42 Å². The van der Waals surface area contributed by atoms with Gasteiger partial charge in [0.2, 0.25) is 10.0 Å². The van der Waals surface area contributed by atoms with Gasteiger partial charge in [0.1, 0.15) is 5.78 Å². The molecular formula is C18H21FN2O3S. The van der Waals surface area contributed by atoms with E-state index in [1.54, 1.807) is 30.5 Å². The maximum absolute atomic E-state index is 13.1. The van der Waals surface area contributed by atoms with Crippen LogP contribution in [0.4, 0.5) is 4.39 Å². The molecule has 2 rings (SSSR count). The topological polar surface area (TPSA) is 67.3 Å². The number of carbonyl (C=O) groups excluding carboxylic acids is 1. The molecule has 1 heterocycles. The van der Waals surface area contributed by atoms with Crippen LogP contribution in [0.5, 0.6) is 0 Å². The zero-order valence-corrected chi connectivity index (χ0v) is 15.0. The van der Waals surface area contributed by atoms with E-state index < -0.39 is 28.5 Å². The number of aryl methyl sites for hydroxylation is 1. The zero-order valence-electron chi connectivity index (χ0n) is 14.2. The van der Waals surface area contributed by atoms with Crippen molar-refractivity contribution in [2.24, 2.45) is 0 Å². The Morgan fingerprint density at radius 3 is 2.44 bits per heavy atom. The fraction of sp³-hybridized carbons (Fsp3) is 0.333. The number of aromatic nitrogens is 1. The van der Waals surface area contributed by atoms with E-state index in [2.05, 4.69) is 4.98 Å². The maximum atomic E-state index is 13.1. The summed E-state index contributed by atoms with van der Waals surface area (Å²) in [5, 5.41) is 0. The van der Waals surface area contributed by atoms with Gasteiger partial charge in [-0.3, -0.25) is 14.2 Å². The molecule has 7 heteroatoms. The fourth-order valence-electron chi connectivity index (χ4n) is 2.53. The second kappa shape index (κ2) is 8.31. The van der Waals surface area contributed by atoms with Gasteiger partial charge in [-0.1, -0.05) is 23.8 Å². The molecule has 0 bridgehead atoms. The van der Waals surface area contributed by atoms with Crippen LogP contribution < -0.4 is 0 Å². The zero-order chi connectivity index (χ0) is 18.4. The summed E-state index contributed by atoms with van der Waals surface area (Å²) in [6, 6.07) is 8.71. The first-order valence-corrected chi connectivity index (χ1v) is 9.34. The van der Waals surface area contributed by atoms with Gasteiger partial charge in [0, 0.05) is 18.9 Å². The van der Waals surface area contributed by atoms with Crippen molar-refractivity contribution in [2.75, 3.05) is 6.67 Å². The van der Waals surface area contributed by atoms with Gasteiger partial charge in [0.25, 0.3) is 0 Å². The van der Waals surface area contributed by atoms with Gasteiger partial charge in [0.05, 0.1) is 17.6 Å². The van der Waals surface area contributed by atoms with Crippen molar-refractivity contribution in [3.8, 4) is 0 Å². The highest BCUT2D eigenvalue weighted by Gasteiger charge is 2.34. The van der Waals surface area contributed by atoms with Crippen molar-refractivity contribution in [2.45, 2.75) is 37.8 Å². The molecule has 1 aromatic heterocycles. The molecule has 1 atom stereocenters. The van der Waals surface area contributed by atoms with Crippen LogP contribution in [-0.2, 0) is 21.4 Å². The fourth-order valence-corrected chi connectivity index (χ4v) is 4.19. The van der Waals surface area contributed by atoms with Gasteiger partial charge in [-0.2, -0.15) is 4.31 Å². The van der Waals surface area contributed by atoms with Crippen LogP contribution in [0.2, 0.25) is 0 Å². The van der Waals surface area contributed by atoms with Crippen LogP contribution >= 0.6 is 0 Å². The lowest BCUT2D eigenvalue weighted by atomic mass is 10.1. The number of hydrogen-bond acceptors (Lipinski definition) is 4. The molecule has 25 heavy (non-hydrogen) atoms. The van der Waals surface area contributed by atoms with Crippen molar-refractivity contribution < 1.29 is 17.6 Å². The number of rotatable bonds is 8. The molecule has 0 amide bonds. The molecule has 0 aliphatic heterocycles. The highest BCUT2D eigenvalue weighted by Crippen LogP contribution is 2.23. The number of sulfonamides is 1. The average molecular weight is 364 g/mol. The van der Waals surface area contributed by atoms with E-state index in [0.717, 1.165) is 9.87 Å². The average Bonchev–Trinajstić information content (AvgIpc) is 2.59. The first-order valence-electron chi connectivity index (χ1n) is 7.90. The van der Waals surface area contributed by atoms with Gasteiger partial charge in [-0.15, -0.1) is 0 Å². The Hall–Kier alpha value is -2.12. The van der Waals surface area contributed by atoms with Crippen LogP contribution in [0.3, 0.4) is 0 Å². The van der Waals surface area contributed by atoms with Crippen LogP contribution in [0.1, 0.15) is 24.5 Å². The monoisotopic (exact) mass is 364 g/mol. The molecule has 134 valence electrons. The number of hydrogen-bond donors (Lipinski definition) is 0. The highest BCUT2D eigenvalue weighted by molar-refractivity contribution is 7.89. The van der Waals surface area contributed by atoms with Crippen LogP contribution in [0, 0.1) is 6.92 Å². The van der Waals surface area contributed by atoms with E-state index in [9.17, 15) is 17.6 Å². The minimum Gasteiger partial charge on any atom is -0.298 e. The van der Waals surface area contributed by atoms with Crippen molar-refractivity contribution in [1.29, 1.82) is 0 Å². The second-order valence-corrected chi connectivity index (χ2v) is 7.72. The molecular weight excluding hydrogens is 343 g/mol. The Morgan fingerprint density at radius 1 is 1.24 bits per heavy atom.